The molecule has 0 unspecified atom stereocenters. The van der Waals surface area contributed by atoms with E-state index < -0.39 is 24.2 Å². The normalized spacial score (nSPS) is 10.1. The minimum Gasteiger partial charge on any atom is -0.480 e. The van der Waals surface area contributed by atoms with Gasteiger partial charge in [-0.3, -0.25) is 9.59 Å². The zero-order valence-corrected chi connectivity index (χ0v) is 10.1. The molecule has 4 nitrogen and oxygen atoms in total. The van der Waals surface area contributed by atoms with Crippen LogP contribution in [0.5, 0.6) is 0 Å². The van der Waals surface area contributed by atoms with Crippen LogP contribution in [0.25, 0.3) is 0 Å². The van der Waals surface area contributed by atoms with Crippen molar-refractivity contribution in [3.63, 3.8) is 0 Å². The van der Waals surface area contributed by atoms with Crippen LogP contribution < -0.4 is 0 Å². The maximum absolute atomic E-state index is 13.3. The molecule has 1 rings (SSSR count). The predicted molar refractivity (Wildman–Crippen MR) is 60.7 cm³/mol. The molecule has 6 heteroatoms. The summed E-state index contributed by atoms with van der Waals surface area (Å²) < 4.78 is 13.3. The third-order valence-electron chi connectivity index (χ3n) is 2.20. The number of aryl methyl sites for hydroxylation is 1. The van der Waals surface area contributed by atoms with Gasteiger partial charge in [0.15, 0.2) is 0 Å². The quantitative estimate of drug-likeness (QED) is 0.903. The fourth-order valence-electron chi connectivity index (χ4n) is 1.29. The molecule has 0 aromatic heterocycles. The average Bonchev–Trinajstić information content (AvgIpc) is 2.21. The van der Waals surface area contributed by atoms with Crippen LogP contribution in [0.15, 0.2) is 12.1 Å². The summed E-state index contributed by atoms with van der Waals surface area (Å²) in [7, 11) is 1.31. The molecule has 0 radical (unpaired) electrons. The van der Waals surface area contributed by atoms with Crippen molar-refractivity contribution >= 4 is 23.5 Å². The Labute approximate surface area is 103 Å². The van der Waals surface area contributed by atoms with E-state index in [1.807, 2.05) is 0 Å². The van der Waals surface area contributed by atoms with Gasteiger partial charge in [0.25, 0.3) is 5.91 Å². The van der Waals surface area contributed by atoms with Crippen molar-refractivity contribution in [3.8, 4) is 0 Å². The van der Waals surface area contributed by atoms with E-state index in [2.05, 4.69) is 0 Å². The Balaban J connectivity index is 3.04. The van der Waals surface area contributed by atoms with Gasteiger partial charge in [-0.05, 0) is 24.6 Å². The molecule has 0 bridgehead atoms. The van der Waals surface area contributed by atoms with Gasteiger partial charge >= 0.3 is 5.97 Å². The number of rotatable bonds is 3. The summed E-state index contributed by atoms with van der Waals surface area (Å²) in [6, 6.07) is 2.34. The zero-order valence-electron chi connectivity index (χ0n) is 9.33. The highest BCUT2D eigenvalue weighted by molar-refractivity contribution is 6.33. The maximum Gasteiger partial charge on any atom is 0.323 e. The molecular formula is C11H11ClFNO3. The Morgan fingerprint density at radius 3 is 2.59 bits per heavy atom. The summed E-state index contributed by atoms with van der Waals surface area (Å²) in [6.07, 6.45) is 0. The van der Waals surface area contributed by atoms with Gasteiger partial charge in [-0.25, -0.2) is 4.39 Å². The first kappa shape index (κ1) is 13.4. The number of carbonyl (C=O) groups excluding carboxylic acids is 1. The smallest absolute Gasteiger partial charge is 0.323 e. The van der Waals surface area contributed by atoms with Crippen LogP contribution in [0, 0.1) is 12.7 Å². The van der Waals surface area contributed by atoms with Crippen LogP contribution in [-0.4, -0.2) is 35.5 Å². The first-order chi connectivity index (χ1) is 7.82. The molecule has 0 saturated carbocycles. The van der Waals surface area contributed by atoms with Crippen molar-refractivity contribution in [2.75, 3.05) is 13.6 Å². The highest BCUT2D eigenvalue weighted by Crippen LogP contribution is 2.21. The van der Waals surface area contributed by atoms with Gasteiger partial charge < -0.3 is 10.0 Å². The van der Waals surface area contributed by atoms with Gasteiger partial charge in [0.05, 0.1) is 10.6 Å². The predicted octanol–water partition coefficient (Wildman–Crippen LogP) is 1.94. The highest BCUT2D eigenvalue weighted by Gasteiger charge is 2.18. The van der Waals surface area contributed by atoms with Crippen molar-refractivity contribution in [3.05, 3.63) is 34.1 Å². The molecule has 0 aliphatic carbocycles. The van der Waals surface area contributed by atoms with E-state index in [9.17, 15) is 14.0 Å². The highest BCUT2D eigenvalue weighted by atomic mass is 35.5. The average molecular weight is 260 g/mol. The molecular weight excluding hydrogens is 249 g/mol. The standard InChI is InChI=1S/C11H11ClFNO3/c1-6-3-8(12)7(4-9(6)13)11(17)14(2)5-10(15)16/h3-4H,5H2,1-2H3,(H,15,16). The van der Waals surface area contributed by atoms with Crippen LogP contribution in [0.4, 0.5) is 4.39 Å². The van der Waals surface area contributed by atoms with E-state index in [-0.39, 0.29) is 10.6 Å². The fourth-order valence-corrected chi connectivity index (χ4v) is 1.59. The molecule has 0 aliphatic heterocycles. The molecule has 1 aromatic rings. The lowest BCUT2D eigenvalue weighted by Crippen LogP contribution is -2.32. The summed E-state index contributed by atoms with van der Waals surface area (Å²) in [4.78, 5) is 23.2. The van der Waals surface area contributed by atoms with Crippen LogP contribution in [0.3, 0.4) is 0 Å². The lowest BCUT2D eigenvalue weighted by atomic mass is 10.1. The van der Waals surface area contributed by atoms with Gasteiger partial charge in [-0.15, -0.1) is 0 Å². The molecule has 1 amide bonds. The van der Waals surface area contributed by atoms with E-state index in [0.717, 1.165) is 11.0 Å². The number of hydrogen-bond acceptors (Lipinski definition) is 2. The molecule has 1 N–H and O–H groups in total. The van der Waals surface area contributed by atoms with Crippen molar-refractivity contribution in [2.45, 2.75) is 6.92 Å². The van der Waals surface area contributed by atoms with E-state index >= 15 is 0 Å². The van der Waals surface area contributed by atoms with E-state index in [0.29, 0.717) is 5.56 Å². The van der Waals surface area contributed by atoms with Crippen molar-refractivity contribution in [1.82, 2.24) is 4.90 Å². The Hall–Kier alpha value is -1.62. The number of carbonyl (C=O) groups is 2. The number of aliphatic carboxylic acids is 1. The molecule has 92 valence electrons. The van der Waals surface area contributed by atoms with Crippen molar-refractivity contribution in [1.29, 1.82) is 0 Å². The Morgan fingerprint density at radius 1 is 1.47 bits per heavy atom. The molecule has 0 aliphatic rings. The topological polar surface area (TPSA) is 57.6 Å². The molecule has 0 atom stereocenters. The molecule has 0 saturated heterocycles. The summed E-state index contributed by atoms with van der Waals surface area (Å²) in [5.74, 6) is -2.33. The minimum absolute atomic E-state index is 0.0430. The molecule has 17 heavy (non-hydrogen) atoms. The molecule has 0 heterocycles. The van der Waals surface area contributed by atoms with Gasteiger partial charge in [0.2, 0.25) is 0 Å². The van der Waals surface area contributed by atoms with Crippen LogP contribution >= 0.6 is 11.6 Å². The second-order valence-corrected chi connectivity index (χ2v) is 4.04. The SMILES string of the molecule is Cc1cc(Cl)c(C(=O)N(C)CC(=O)O)cc1F. The van der Waals surface area contributed by atoms with Crippen LogP contribution in [-0.2, 0) is 4.79 Å². The molecule has 1 aromatic carbocycles. The van der Waals surface area contributed by atoms with E-state index in [1.54, 1.807) is 0 Å². The van der Waals surface area contributed by atoms with E-state index in [4.69, 9.17) is 16.7 Å². The monoisotopic (exact) mass is 259 g/mol. The second-order valence-electron chi connectivity index (χ2n) is 3.64. The third kappa shape index (κ3) is 3.17. The van der Waals surface area contributed by atoms with Gasteiger partial charge in [0.1, 0.15) is 12.4 Å². The molecule has 0 fully saturated rings. The first-order valence-electron chi connectivity index (χ1n) is 4.76. The number of amides is 1. The lowest BCUT2D eigenvalue weighted by molar-refractivity contribution is -0.137. The Morgan fingerprint density at radius 2 is 2.06 bits per heavy atom. The number of benzene rings is 1. The number of carboxylic acids is 1. The Bertz CT molecular complexity index is 476. The summed E-state index contributed by atoms with van der Waals surface area (Å²) >= 11 is 5.82. The van der Waals surface area contributed by atoms with Crippen molar-refractivity contribution in [2.24, 2.45) is 0 Å². The minimum atomic E-state index is -1.15. The largest absolute Gasteiger partial charge is 0.480 e. The zero-order chi connectivity index (χ0) is 13.2. The van der Waals surface area contributed by atoms with Gasteiger partial charge in [-0.2, -0.15) is 0 Å². The number of likely N-dealkylation sites (N-methyl/N-ethyl adjacent to an activating group) is 1. The summed E-state index contributed by atoms with van der Waals surface area (Å²) in [5.41, 5.74) is 0.283. The first-order valence-corrected chi connectivity index (χ1v) is 5.13. The van der Waals surface area contributed by atoms with E-state index in [1.165, 1.54) is 20.0 Å². The lowest BCUT2D eigenvalue weighted by Gasteiger charge is -2.15. The number of halogens is 2. The number of nitrogens with zero attached hydrogens (tertiary/aromatic N) is 1. The van der Waals surface area contributed by atoms with Crippen LogP contribution in [0.2, 0.25) is 5.02 Å². The third-order valence-corrected chi connectivity index (χ3v) is 2.51. The second kappa shape index (κ2) is 5.14. The fraction of sp³-hybridized carbons (Fsp3) is 0.273. The molecule has 0 spiro atoms. The van der Waals surface area contributed by atoms with Crippen molar-refractivity contribution < 1.29 is 19.1 Å². The van der Waals surface area contributed by atoms with Gasteiger partial charge in [0, 0.05) is 7.05 Å². The Kier molecular flexibility index (Phi) is 4.07. The number of carboxylic acid groups (broad SMARTS) is 1. The van der Waals surface area contributed by atoms with Gasteiger partial charge in [-0.1, -0.05) is 11.6 Å². The summed E-state index contributed by atoms with van der Waals surface area (Å²) in [5, 5.41) is 8.65. The van der Waals surface area contributed by atoms with Crippen LogP contribution in [0.1, 0.15) is 15.9 Å². The summed E-state index contributed by atoms with van der Waals surface area (Å²) in [6.45, 7) is 1.06. The number of hydrogen-bond donors (Lipinski definition) is 1. The maximum atomic E-state index is 13.3.